The van der Waals surface area contributed by atoms with Gasteiger partial charge in [0.05, 0.1) is 5.69 Å². The van der Waals surface area contributed by atoms with Crippen molar-refractivity contribution in [1.82, 2.24) is 0 Å². The third-order valence-electron chi connectivity index (χ3n) is 2.38. The molecule has 0 radical (unpaired) electrons. The van der Waals surface area contributed by atoms with E-state index in [2.05, 4.69) is 15.9 Å². The van der Waals surface area contributed by atoms with Crippen LogP contribution in [0.25, 0.3) is 0 Å². The molecule has 0 saturated heterocycles. The average molecular weight is 227 g/mol. The van der Waals surface area contributed by atoms with Gasteiger partial charge in [-0.1, -0.05) is 12.1 Å². The molecule has 1 aromatic carbocycles. The molecule has 0 heterocycles. The van der Waals surface area contributed by atoms with E-state index in [1.165, 1.54) is 0 Å². The number of nitrogen functional groups attached to an aromatic ring is 1. The highest BCUT2D eigenvalue weighted by Gasteiger charge is 2.41. The van der Waals surface area contributed by atoms with Gasteiger partial charge in [-0.15, -0.1) is 0 Å². The van der Waals surface area contributed by atoms with Crippen LogP contribution in [0, 0.1) is 0 Å². The first-order valence-electron chi connectivity index (χ1n) is 3.97. The van der Waals surface area contributed by atoms with Gasteiger partial charge in [0.2, 0.25) is 0 Å². The Kier molecular flexibility index (Phi) is 1.66. The summed E-state index contributed by atoms with van der Waals surface area (Å²) in [6.45, 7) is 0. The minimum absolute atomic E-state index is 0.131. The molecule has 2 rings (SSSR count). The fourth-order valence-corrected chi connectivity index (χ4v) is 1.74. The number of para-hydroxylation sites is 1. The Bertz CT molecular complexity index is 318. The summed E-state index contributed by atoms with van der Waals surface area (Å²) in [4.78, 5) is 0. The van der Waals surface area contributed by atoms with Crippen molar-refractivity contribution in [2.45, 2.75) is 18.4 Å². The number of rotatable bonds is 1. The average Bonchev–Trinajstić information content (AvgIpc) is 2.75. The van der Waals surface area contributed by atoms with Gasteiger partial charge in [-0.25, -0.2) is 0 Å². The number of hydrogen-bond donors (Lipinski definition) is 2. The van der Waals surface area contributed by atoms with E-state index in [0.29, 0.717) is 0 Å². The first-order valence-corrected chi connectivity index (χ1v) is 4.76. The molecule has 2 nitrogen and oxygen atoms in total. The molecular formula is C9H11BrN2. The minimum atomic E-state index is -0.131. The fourth-order valence-electron chi connectivity index (χ4n) is 1.38. The molecule has 1 aliphatic rings. The van der Waals surface area contributed by atoms with E-state index in [9.17, 15) is 0 Å². The van der Waals surface area contributed by atoms with E-state index >= 15 is 0 Å². The van der Waals surface area contributed by atoms with Crippen LogP contribution >= 0.6 is 15.9 Å². The van der Waals surface area contributed by atoms with E-state index in [4.69, 9.17) is 11.5 Å². The largest absolute Gasteiger partial charge is 0.398 e. The molecule has 3 heteroatoms. The van der Waals surface area contributed by atoms with Gasteiger partial charge in [-0.05, 0) is 40.4 Å². The first kappa shape index (κ1) is 8.08. The Hall–Kier alpha value is -0.540. The highest BCUT2D eigenvalue weighted by atomic mass is 79.9. The predicted molar refractivity (Wildman–Crippen MR) is 53.7 cm³/mol. The number of anilines is 1. The first-order chi connectivity index (χ1) is 5.63. The summed E-state index contributed by atoms with van der Waals surface area (Å²) in [5, 5.41) is 0. The maximum atomic E-state index is 6.04. The molecule has 0 unspecified atom stereocenters. The Balaban J connectivity index is 2.51. The molecule has 0 aliphatic heterocycles. The van der Waals surface area contributed by atoms with Crippen LogP contribution in [-0.4, -0.2) is 0 Å². The normalized spacial score (nSPS) is 19.2. The van der Waals surface area contributed by atoms with Gasteiger partial charge in [0, 0.05) is 10.0 Å². The highest BCUT2D eigenvalue weighted by Crippen LogP contribution is 2.46. The van der Waals surface area contributed by atoms with Crippen molar-refractivity contribution >= 4 is 21.6 Å². The molecule has 1 aliphatic carbocycles. The summed E-state index contributed by atoms with van der Waals surface area (Å²) in [7, 11) is 0. The number of halogens is 1. The molecule has 0 bridgehead atoms. The summed E-state index contributed by atoms with van der Waals surface area (Å²) in [5.41, 5.74) is 13.7. The van der Waals surface area contributed by atoms with Crippen molar-refractivity contribution in [1.29, 1.82) is 0 Å². The van der Waals surface area contributed by atoms with E-state index in [0.717, 1.165) is 28.6 Å². The maximum Gasteiger partial charge on any atom is 0.0509 e. The molecule has 64 valence electrons. The van der Waals surface area contributed by atoms with Gasteiger partial charge in [0.1, 0.15) is 0 Å². The molecule has 0 aromatic heterocycles. The highest BCUT2D eigenvalue weighted by molar-refractivity contribution is 9.10. The van der Waals surface area contributed by atoms with Crippen molar-refractivity contribution in [2.75, 3.05) is 5.73 Å². The summed E-state index contributed by atoms with van der Waals surface area (Å²) in [5.74, 6) is 0. The van der Waals surface area contributed by atoms with Crippen molar-refractivity contribution in [3.8, 4) is 0 Å². The lowest BCUT2D eigenvalue weighted by atomic mass is 10.0. The van der Waals surface area contributed by atoms with Gasteiger partial charge in [0.25, 0.3) is 0 Å². The topological polar surface area (TPSA) is 52.0 Å². The number of benzene rings is 1. The molecule has 0 amide bonds. The molecule has 0 spiro atoms. The zero-order valence-electron chi connectivity index (χ0n) is 6.68. The van der Waals surface area contributed by atoms with Gasteiger partial charge in [-0.3, -0.25) is 0 Å². The second kappa shape index (κ2) is 2.47. The van der Waals surface area contributed by atoms with Crippen molar-refractivity contribution in [2.24, 2.45) is 5.73 Å². The molecule has 1 saturated carbocycles. The Morgan fingerprint density at radius 3 is 2.58 bits per heavy atom. The molecular weight excluding hydrogens is 216 g/mol. The monoisotopic (exact) mass is 226 g/mol. The van der Waals surface area contributed by atoms with Crippen LogP contribution in [0.15, 0.2) is 22.7 Å². The molecule has 1 aromatic rings. The van der Waals surface area contributed by atoms with Gasteiger partial charge < -0.3 is 11.5 Å². The van der Waals surface area contributed by atoms with Crippen LogP contribution in [0.4, 0.5) is 5.69 Å². The Morgan fingerprint density at radius 2 is 2.00 bits per heavy atom. The third-order valence-corrected chi connectivity index (χ3v) is 3.07. The van der Waals surface area contributed by atoms with Crippen molar-refractivity contribution in [3.05, 3.63) is 28.2 Å². The van der Waals surface area contributed by atoms with E-state index < -0.39 is 0 Å². The van der Waals surface area contributed by atoms with Gasteiger partial charge in [0.15, 0.2) is 0 Å². The maximum absolute atomic E-state index is 6.04. The smallest absolute Gasteiger partial charge is 0.0509 e. The van der Waals surface area contributed by atoms with Crippen LogP contribution in [-0.2, 0) is 5.54 Å². The predicted octanol–water partition coefficient (Wildman–Crippen LogP) is 1.98. The summed E-state index contributed by atoms with van der Waals surface area (Å²) in [6, 6.07) is 5.92. The van der Waals surface area contributed by atoms with Gasteiger partial charge >= 0.3 is 0 Å². The number of nitrogens with two attached hydrogens (primary N) is 2. The van der Waals surface area contributed by atoms with E-state index in [-0.39, 0.29) is 5.54 Å². The van der Waals surface area contributed by atoms with Gasteiger partial charge in [-0.2, -0.15) is 0 Å². The third kappa shape index (κ3) is 1.13. The van der Waals surface area contributed by atoms with Crippen molar-refractivity contribution < 1.29 is 0 Å². The molecule has 0 atom stereocenters. The lowest BCUT2D eigenvalue weighted by molar-refractivity contribution is 0.742. The summed E-state index contributed by atoms with van der Waals surface area (Å²) in [6.07, 6.45) is 2.10. The quantitative estimate of drug-likeness (QED) is 0.720. The van der Waals surface area contributed by atoms with Crippen LogP contribution < -0.4 is 11.5 Å². The van der Waals surface area contributed by atoms with Crippen LogP contribution in [0.2, 0.25) is 0 Å². The zero-order valence-corrected chi connectivity index (χ0v) is 8.26. The van der Waals surface area contributed by atoms with E-state index in [1.807, 2.05) is 18.2 Å². The number of hydrogen-bond acceptors (Lipinski definition) is 2. The fraction of sp³-hybridized carbons (Fsp3) is 0.333. The summed E-state index contributed by atoms with van der Waals surface area (Å²) >= 11 is 3.39. The SMILES string of the molecule is Nc1c(Br)cccc1C1(N)CC1. The zero-order chi connectivity index (χ0) is 8.77. The van der Waals surface area contributed by atoms with Crippen LogP contribution in [0.5, 0.6) is 0 Å². The second-order valence-corrected chi connectivity index (χ2v) is 4.21. The molecule has 1 fully saturated rings. The second-order valence-electron chi connectivity index (χ2n) is 3.36. The lowest BCUT2D eigenvalue weighted by Gasteiger charge is -2.12. The van der Waals surface area contributed by atoms with Crippen LogP contribution in [0.1, 0.15) is 18.4 Å². The standard InChI is InChI=1S/C9H11BrN2/c10-7-3-1-2-6(8(7)11)9(12)4-5-9/h1-3H,4-5,11-12H2. The molecule has 12 heavy (non-hydrogen) atoms. The molecule has 4 N–H and O–H groups in total. The summed E-state index contributed by atoms with van der Waals surface area (Å²) < 4.78 is 0.941. The van der Waals surface area contributed by atoms with E-state index in [1.54, 1.807) is 0 Å². The lowest BCUT2D eigenvalue weighted by Crippen LogP contribution is -2.20. The van der Waals surface area contributed by atoms with Crippen molar-refractivity contribution in [3.63, 3.8) is 0 Å². The minimum Gasteiger partial charge on any atom is -0.398 e. The Morgan fingerprint density at radius 1 is 1.33 bits per heavy atom. The Labute approximate surface area is 80.1 Å². The van der Waals surface area contributed by atoms with Crippen LogP contribution in [0.3, 0.4) is 0 Å².